The van der Waals surface area contributed by atoms with E-state index in [-0.39, 0.29) is 23.7 Å². The van der Waals surface area contributed by atoms with E-state index in [1.54, 1.807) is 31.3 Å². The van der Waals surface area contributed by atoms with E-state index in [2.05, 4.69) is 26.3 Å². The Kier molecular flexibility index (Phi) is 8.36. The van der Waals surface area contributed by atoms with Crippen LogP contribution in [0.4, 0.5) is 10.5 Å². The van der Waals surface area contributed by atoms with Crippen molar-refractivity contribution in [2.75, 3.05) is 25.5 Å². The number of amides is 3. The number of piperidine rings is 1. The molecule has 1 aromatic heterocycles. The van der Waals surface area contributed by atoms with Crippen LogP contribution in [0, 0.1) is 6.92 Å². The number of hydrogen-bond acceptors (Lipinski definition) is 6. The van der Waals surface area contributed by atoms with E-state index < -0.39 is 0 Å². The number of rotatable bonds is 8. The number of anilines is 1. The molecule has 0 saturated carbocycles. The third-order valence-corrected chi connectivity index (χ3v) is 5.77. The van der Waals surface area contributed by atoms with Gasteiger partial charge in [-0.25, -0.2) is 4.79 Å². The van der Waals surface area contributed by atoms with Gasteiger partial charge in [0.1, 0.15) is 29.0 Å². The number of aromatic nitrogens is 1. The Labute approximate surface area is 210 Å². The summed E-state index contributed by atoms with van der Waals surface area (Å²) in [4.78, 5) is 28.4. The highest BCUT2D eigenvalue weighted by atomic mass is 16.5. The summed E-state index contributed by atoms with van der Waals surface area (Å²) < 4.78 is 12.0. The number of carbonyl (C=O) groups is 2. The van der Waals surface area contributed by atoms with Crippen molar-refractivity contribution in [3.63, 3.8) is 0 Å². The molecule has 0 spiro atoms. The molecule has 9 heteroatoms. The molecule has 2 heterocycles. The van der Waals surface area contributed by atoms with Crippen LogP contribution in [0.1, 0.15) is 34.5 Å². The predicted molar refractivity (Wildman–Crippen MR) is 138 cm³/mol. The molecule has 3 aromatic rings. The van der Waals surface area contributed by atoms with Gasteiger partial charge in [-0.1, -0.05) is 18.2 Å². The van der Waals surface area contributed by atoms with Crippen LogP contribution in [0.5, 0.6) is 17.2 Å². The van der Waals surface area contributed by atoms with E-state index in [4.69, 9.17) is 9.47 Å². The first kappa shape index (κ1) is 25.0. The summed E-state index contributed by atoms with van der Waals surface area (Å²) >= 11 is 0. The van der Waals surface area contributed by atoms with E-state index in [9.17, 15) is 9.59 Å². The van der Waals surface area contributed by atoms with Crippen molar-refractivity contribution >= 4 is 17.6 Å². The number of ether oxygens (including phenoxy) is 2. The third-order valence-electron chi connectivity index (χ3n) is 5.77. The summed E-state index contributed by atoms with van der Waals surface area (Å²) in [5.74, 6) is 1.52. The van der Waals surface area contributed by atoms with E-state index in [1.165, 1.54) is 6.20 Å². The van der Waals surface area contributed by atoms with Gasteiger partial charge in [0.05, 0.1) is 5.69 Å². The minimum absolute atomic E-state index is 0.140. The van der Waals surface area contributed by atoms with E-state index in [1.807, 2.05) is 37.3 Å². The first-order valence-electron chi connectivity index (χ1n) is 12.0. The second-order valence-corrected chi connectivity index (χ2v) is 8.58. The molecule has 9 nitrogen and oxygen atoms in total. The van der Waals surface area contributed by atoms with E-state index in [0.717, 1.165) is 37.1 Å². The lowest BCUT2D eigenvalue weighted by molar-refractivity contribution is 0.0957. The molecule has 0 radical (unpaired) electrons. The molecule has 2 aromatic carbocycles. The summed E-state index contributed by atoms with van der Waals surface area (Å²) in [7, 11) is 1.55. The van der Waals surface area contributed by atoms with Gasteiger partial charge < -0.3 is 30.7 Å². The maximum atomic E-state index is 12.6. The highest BCUT2D eigenvalue weighted by molar-refractivity contribution is 5.92. The SMILES string of the molecule is CNC(=O)c1cc(Oc2ccc(CNC(=O)Nc3cc(C)ccc3OC3CCNCC3)cc2)ccn1. The smallest absolute Gasteiger partial charge is 0.319 e. The Morgan fingerprint density at radius 1 is 1.03 bits per heavy atom. The Bertz CT molecular complexity index is 1190. The molecule has 1 saturated heterocycles. The number of carbonyl (C=O) groups excluding carboxylic acids is 2. The number of pyridine rings is 1. The standard InChI is InChI=1S/C27H31N5O4/c1-18-3-8-25(36-21-9-12-29-13-10-21)23(15-18)32-27(34)31-17-19-4-6-20(7-5-19)35-22-11-14-30-24(16-22)26(33)28-2/h3-8,11,14-16,21,29H,9-10,12-13,17H2,1-2H3,(H,28,33)(H2,31,32,34). The zero-order valence-corrected chi connectivity index (χ0v) is 20.5. The molecular weight excluding hydrogens is 458 g/mol. The first-order valence-corrected chi connectivity index (χ1v) is 12.0. The maximum absolute atomic E-state index is 12.6. The Morgan fingerprint density at radius 2 is 1.81 bits per heavy atom. The molecule has 0 bridgehead atoms. The number of nitrogens with one attached hydrogen (secondary N) is 4. The predicted octanol–water partition coefficient (Wildman–Crippen LogP) is 3.99. The van der Waals surface area contributed by atoms with Gasteiger partial charge in [-0.05, 0) is 74.3 Å². The summed E-state index contributed by atoms with van der Waals surface area (Å²) in [6, 6.07) is 16.1. The molecule has 0 aliphatic carbocycles. The summed E-state index contributed by atoms with van der Waals surface area (Å²) in [5.41, 5.74) is 2.88. The van der Waals surface area contributed by atoms with Crippen molar-refractivity contribution in [1.29, 1.82) is 0 Å². The number of aryl methyl sites for hydroxylation is 1. The van der Waals surface area contributed by atoms with Crippen LogP contribution < -0.4 is 30.7 Å². The molecule has 4 rings (SSSR count). The highest BCUT2D eigenvalue weighted by Crippen LogP contribution is 2.28. The molecule has 0 unspecified atom stereocenters. The third kappa shape index (κ3) is 6.96. The quantitative estimate of drug-likeness (QED) is 0.381. The second kappa shape index (κ2) is 12.0. The number of nitrogens with zero attached hydrogens (tertiary/aromatic N) is 1. The lowest BCUT2D eigenvalue weighted by Crippen LogP contribution is -2.34. The fourth-order valence-corrected chi connectivity index (χ4v) is 3.82. The lowest BCUT2D eigenvalue weighted by Gasteiger charge is -2.25. The number of benzene rings is 2. The van der Waals surface area contributed by atoms with Crippen molar-refractivity contribution in [1.82, 2.24) is 20.9 Å². The van der Waals surface area contributed by atoms with Crippen molar-refractivity contribution in [3.05, 3.63) is 77.6 Å². The van der Waals surface area contributed by atoms with Gasteiger partial charge >= 0.3 is 6.03 Å². The van der Waals surface area contributed by atoms with Crippen molar-refractivity contribution in [2.24, 2.45) is 0 Å². The van der Waals surface area contributed by atoms with Crippen LogP contribution in [0.2, 0.25) is 0 Å². The van der Waals surface area contributed by atoms with Crippen LogP contribution in [-0.2, 0) is 6.54 Å². The monoisotopic (exact) mass is 489 g/mol. The lowest BCUT2D eigenvalue weighted by atomic mass is 10.1. The average Bonchev–Trinajstić information content (AvgIpc) is 2.90. The fourth-order valence-electron chi connectivity index (χ4n) is 3.82. The molecule has 1 aliphatic rings. The Hall–Kier alpha value is -4.11. The molecule has 3 amide bonds. The van der Waals surface area contributed by atoms with Gasteiger partial charge in [-0.15, -0.1) is 0 Å². The number of hydrogen-bond donors (Lipinski definition) is 4. The zero-order valence-electron chi connectivity index (χ0n) is 20.5. The molecule has 4 N–H and O–H groups in total. The zero-order chi connectivity index (χ0) is 25.3. The largest absolute Gasteiger partial charge is 0.488 e. The second-order valence-electron chi connectivity index (χ2n) is 8.58. The summed E-state index contributed by atoms with van der Waals surface area (Å²) in [6.07, 6.45) is 3.54. The van der Waals surface area contributed by atoms with Crippen molar-refractivity contribution in [3.8, 4) is 17.2 Å². The van der Waals surface area contributed by atoms with Crippen molar-refractivity contribution in [2.45, 2.75) is 32.4 Å². The number of urea groups is 1. The van der Waals surface area contributed by atoms with Gasteiger partial charge in [0.15, 0.2) is 0 Å². The topological polar surface area (TPSA) is 114 Å². The van der Waals surface area contributed by atoms with Crippen LogP contribution in [0.15, 0.2) is 60.8 Å². The first-order chi connectivity index (χ1) is 17.5. The molecule has 1 fully saturated rings. The average molecular weight is 490 g/mol. The van der Waals surface area contributed by atoms with Gasteiger partial charge in [-0.3, -0.25) is 9.78 Å². The molecule has 36 heavy (non-hydrogen) atoms. The van der Waals surface area contributed by atoms with Crippen molar-refractivity contribution < 1.29 is 19.1 Å². The van der Waals surface area contributed by atoms with E-state index in [0.29, 0.717) is 29.5 Å². The van der Waals surface area contributed by atoms with E-state index >= 15 is 0 Å². The normalized spacial score (nSPS) is 13.5. The summed E-state index contributed by atoms with van der Waals surface area (Å²) in [6.45, 7) is 4.19. The van der Waals surface area contributed by atoms with Crippen LogP contribution >= 0.6 is 0 Å². The van der Waals surface area contributed by atoms with Gasteiger partial charge in [0, 0.05) is 25.9 Å². The van der Waals surface area contributed by atoms with Gasteiger partial charge in [0.25, 0.3) is 5.91 Å². The highest BCUT2D eigenvalue weighted by Gasteiger charge is 2.17. The molecule has 188 valence electrons. The van der Waals surface area contributed by atoms with Crippen LogP contribution in [0.3, 0.4) is 0 Å². The molecule has 0 atom stereocenters. The van der Waals surface area contributed by atoms with Crippen LogP contribution in [0.25, 0.3) is 0 Å². The van der Waals surface area contributed by atoms with Gasteiger partial charge in [0.2, 0.25) is 0 Å². The minimum Gasteiger partial charge on any atom is -0.488 e. The van der Waals surface area contributed by atoms with Crippen LogP contribution in [-0.4, -0.2) is 43.2 Å². The Morgan fingerprint density at radius 3 is 2.56 bits per heavy atom. The minimum atomic E-state index is -0.311. The molecule has 1 aliphatic heterocycles. The maximum Gasteiger partial charge on any atom is 0.319 e. The fraction of sp³-hybridized carbons (Fsp3) is 0.296. The summed E-state index contributed by atoms with van der Waals surface area (Å²) in [5, 5.41) is 11.7. The Balaban J connectivity index is 1.31. The molecular formula is C27H31N5O4. The van der Waals surface area contributed by atoms with Gasteiger partial charge in [-0.2, -0.15) is 0 Å².